The molecule has 0 bridgehead atoms. The lowest BCUT2D eigenvalue weighted by Gasteiger charge is -2.36. The number of para-hydroxylation sites is 1. The Hall–Kier alpha value is -2.33. The Morgan fingerprint density at radius 1 is 1.19 bits per heavy atom. The highest BCUT2D eigenvalue weighted by Gasteiger charge is 2.35. The minimum Gasteiger partial charge on any atom is -0.486 e. The summed E-state index contributed by atoms with van der Waals surface area (Å²) in [5.41, 5.74) is 2.85. The van der Waals surface area contributed by atoms with Crippen molar-refractivity contribution in [2.24, 2.45) is 0 Å². The zero-order chi connectivity index (χ0) is 18.1. The summed E-state index contributed by atoms with van der Waals surface area (Å²) in [6.45, 7) is 6.53. The molecule has 4 rings (SSSR count). The molecule has 0 radical (unpaired) electrons. The minimum absolute atomic E-state index is 0.0852. The Morgan fingerprint density at radius 2 is 2.00 bits per heavy atom. The summed E-state index contributed by atoms with van der Waals surface area (Å²) in [6.07, 6.45) is 1.71. The fraction of sp³-hybridized carbons (Fsp3) is 0.409. The molecule has 1 unspecified atom stereocenters. The zero-order valence-electron chi connectivity index (χ0n) is 15.5. The van der Waals surface area contributed by atoms with Crippen molar-refractivity contribution in [2.75, 3.05) is 19.6 Å². The van der Waals surface area contributed by atoms with Gasteiger partial charge < -0.3 is 15.0 Å². The average Bonchev–Trinajstić information content (AvgIpc) is 2.96. The van der Waals surface area contributed by atoms with Crippen LogP contribution in [-0.2, 0) is 12.8 Å². The van der Waals surface area contributed by atoms with Crippen LogP contribution in [0.4, 0.5) is 0 Å². The average molecular weight is 350 g/mol. The first-order valence-electron chi connectivity index (χ1n) is 9.40. The molecular weight excluding hydrogens is 324 g/mol. The number of nitrogens with one attached hydrogen (secondary N) is 1. The number of benzene rings is 2. The molecule has 2 aromatic rings. The number of hydrogen-bond donors (Lipinski definition) is 1. The van der Waals surface area contributed by atoms with Gasteiger partial charge in [-0.2, -0.15) is 0 Å². The molecule has 2 aliphatic rings. The van der Waals surface area contributed by atoms with E-state index in [0.29, 0.717) is 5.56 Å². The van der Waals surface area contributed by atoms with Gasteiger partial charge in [0.05, 0.1) is 5.56 Å². The molecule has 2 heterocycles. The molecule has 136 valence electrons. The Kier molecular flexibility index (Phi) is 4.45. The fourth-order valence-electron chi connectivity index (χ4n) is 4.04. The van der Waals surface area contributed by atoms with Crippen LogP contribution in [0, 0.1) is 0 Å². The molecule has 2 aromatic carbocycles. The normalized spacial score (nSPS) is 21.2. The van der Waals surface area contributed by atoms with Gasteiger partial charge in [-0.25, -0.2) is 0 Å². The Labute approximate surface area is 155 Å². The third-order valence-electron chi connectivity index (χ3n) is 5.25. The Morgan fingerprint density at radius 3 is 2.81 bits per heavy atom. The lowest BCUT2D eigenvalue weighted by atomic mass is 9.99. The SMILES string of the molecule is CC1(C)Cc2cccc(C(=O)N3CCNCC3Cc3ccccc3)c2O1. The van der Waals surface area contributed by atoms with Gasteiger partial charge in [-0.05, 0) is 37.5 Å². The van der Waals surface area contributed by atoms with Crippen molar-refractivity contribution in [3.8, 4) is 5.75 Å². The van der Waals surface area contributed by atoms with Crippen LogP contribution < -0.4 is 10.1 Å². The Bertz CT molecular complexity index is 801. The third-order valence-corrected chi connectivity index (χ3v) is 5.25. The van der Waals surface area contributed by atoms with E-state index < -0.39 is 0 Å². The van der Waals surface area contributed by atoms with Gasteiger partial charge in [0.2, 0.25) is 0 Å². The van der Waals surface area contributed by atoms with E-state index in [1.807, 2.05) is 23.1 Å². The van der Waals surface area contributed by atoms with Crippen molar-refractivity contribution < 1.29 is 9.53 Å². The number of carbonyl (C=O) groups is 1. The maximum Gasteiger partial charge on any atom is 0.257 e. The number of amides is 1. The largest absolute Gasteiger partial charge is 0.486 e. The van der Waals surface area contributed by atoms with Crippen LogP contribution in [0.1, 0.15) is 35.3 Å². The smallest absolute Gasteiger partial charge is 0.257 e. The second-order valence-electron chi connectivity index (χ2n) is 7.88. The number of rotatable bonds is 3. The first-order valence-corrected chi connectivity index (χ1v) is 9.40. The van der Waals surface area contributed by atoms with Gasteiger partial charge in [-0.1, -0.05) is 42.5 Å². The van der Waals surface area contributed by atoms with Crippen LogP contribution in [-0.4, -0.2) is 42.1 Å². The highest BCUT2D eigenvalue weighted by molar-refractivity contribution is 5.98. The van der Waals surface area contributed by atoms with Crippen LogP contribution in [0.3, 0.4) is 0 Å². The van der Waals surface area contributed by atoms with E-state index in [1.165, 1.54) is 5.56 Å². The van der Waals surface area contributed by atoms with E-state index in [-0.39, 0.29) is 17.6 Å². The topological polar surface area (TPSA) is 41.6 Å². The number of piperazine rings is 1. The van der Waals surface area contributed by atoms with Gasteiger partial charge in [0.15, 0.2) is 0 Å². The summed E-state index contributed by atoms with van der Waals surface area (Å²) in [6, 6.07) is 16.5. The van der Waals surface area contributed by atoms with E-state index >= 15 is 0 Å². The maximum atomic E-state index is 13.4. The standard InChI is InChI=1S/C22H26N2O2/c1-22(2)14-17-9-6-10-19(20(17)26-22)21(25)24-12-11-23-15-18(24)13-16-7-4-3-5-8-16/h3-10,18,23H,11-15H2,1-2H3. The van der Waals surface area contributed by atoms with Crippen molar-refractivity contribution in [1.82, 2.24) is 10.2 Å². The number of hydrogen-bond acceptors (Lipinski definition) is 3. The van der Waals surface area contributed by atoms with E-state index in [1.54, 1.807) is 0 Å². The summed E-state index contributed by atoms with van der Waals surface area (Å²) >= 11 is 0. The second-order valence-corrected chi connectivity index (χ2v) is 7.88. The van der Waals surface area contributed by atoms with Crippen LogP contribution >= 0.6 is 0 Å². The molecule has 1 N–H and O–H groups in total. The van der Waals surface area contributed by atoms with Crippen LogP contribution in [0.2, 0.25) is 0 Å². The number of carbonyl (C=O) groups excluding carboxylic acids is 1. The predicted octanol–water partition coefficient (Wildman–Crippen LogP) is 3.06. The molecule has 0 spiro atoms. The summed E-state index contributed by atoms with van der Waals surface area (Å²) in [5.74, 6) is 0.862. The van der Waals surface area contributed by atoms with Gasteiger partial charge in [-0.3, -0.25) is 4.79 Å². The van der Waals surface area contributed by atoms with Crippen molar-refractivity contribution >= 4 is 5.91 Å². The number of ether oxygens (including phenoxy) is 1. The van der Waals surface area contributed by atoms with Gasteiger partial charge in [0.1, 0.15) is 11.4 Å². The molecule has 0 aromatic heterocycles. The van der Waals surface area contributed by atoms with E-state index in [9.17, 15) is 4.79 Å². The van der Waals surface area contributed by atoms with Crippen molar-refractivity contribution in [3.05, 3.63) is 65.2 Å². The van der Waals surface area contributed by atoms with Gasteiger partial charge in [0.25, 0.3) is 5.91 Å². The highest BCUT2D eigenvalue weighted by atomic mass is 16.5. The second kappa shape index (κ2) is 6.76. The predicted molar refractivity (Wildman–Crippen MR) is 103 cm³/mol. The molecule has 26 heavy (non-hydrogen) atoms. The lowest BCUT2D eigenvalue weighted by Crippen LogP contribution is -2.54. The van der Waals surface area contributed by atoms with Crippen molar-refractivity contribution in [2.45, 2.75) is 38.3 Å². The van der Waals surface area contributed by atoms with Gasteiger partial charge in [-0.15, -0.1) is 0 Å². The van der Waals surface area contributed by atoms with E-state index in [4.69, 9.17) is 4.74 Å². The van der Waals surface area contributed by atoms with Crippen LogP contribution in [0.15, 0.2) is 48.5 Å². The first kappa shape index (κ1) is 17.1. The number of nitrogens with zero attached hydrogens (tertiary/aromatic N) is 1. The maximum absolute atomic E-state index is 13.4. The molecule has 1 atom stereocenters. The van der Waals surface area contributed by atoms with Gasteiger partial charge in [0, 0.05) is 32.1 Å². The minimum atomic E-state index is -0.244. The molecule has 4 nitrogen and oxygen atoms in total. The third kappa shape index (κ3) is 3.34. The fourth-order valence-corrected chi connectivity index (χ4v) is 4.04. The summed E-state index contributed by atoms with van der Waals surface area (Å²) in [4.78, 5) is 15.4. The van der Waals surface area contributed by atoms with E-state index in [2.05, 4.69) is 49.5 Å². The van der Waals surface area contributed by atoms with Crippen molar-refractivity contribution in [1.29, 1.82) is 0 Å². The molecule has 2 aliphatic heterocycles. The summed E-state index contributed by atoms with van der Waals surface area (Å²) in [5, 5.41) is 3.43. The summed E-state index contributed by atoms with van der Waals surface area (Å²) < 4.78 is 6.13. The molecule has 1 fully saturated rings. The zero-order valence-corrected chi connectivity index (χ0v) is 15.5. The highest BCUT2D eigenvalue weighted by Crippen LogP contribution is 2.38. The molecule has 1 saturated heterocycles. The Balaban J connectivity index is 1.60. The molecule has 4 heteroatoms. The molecule has 0 saturated carbocycles. The molecule has 1 amide bonds. The van der Waals surface area contributed by atoms with Crippen LogP contribution in [0.25, 0.3) is 0 Å². The molecular formula is C22H26N2O2. The van der Waals surface area contributed by atoms with Crippen molar-refractivity contribution in [3.63, 3.8) is 0 Å². The monoisotopic (exact) mass is 350 g/mol. The lowest BCUT2D eigenvalue weighted by molar-refractivity contribution is 0.0626. The summed E-state index contributed by atoms with van der Waals surface area (Å²) in [7, 11) is 0. The molecule has 0 aliphatic carbocycles. The first-order chi connectivity index (χ1) is 12.5. The van der Waals surface area contributed by atoms with Crippen LogP contribution in [0.5, 0.6) is 5.75 Å². The van der Waals surface area contributed by atoms with E-state index in [0.717, 1.165) is 43.8 Å². The number of fused-ring (bicyclic) bond motifs is 1. The quantitative estimate of drug-likeness (QED) is 0.925. The van der Waals surface area contributed by atoms with Gasteiger partial charge >= 0.3 is 0 Å².